The summed E-state index contributed by atoms with van der Waals surface area (Å²) in [7, 11) is 0. The minimum atomic E-state index is 0.119. The van der Waals surface area contributed by atoms with Crippen LogP contribution in [0.5, 0.6) is 5.88 Å². The fraction of sp³-hybridized carbons (Fsp3) is 0.667. The number of ether oxygens (including phenoxy) is 1. The summed E-state index contributed by atoms with van der Waals surface area (Å²) in [6.45, 7) is 5.92. The second-order valence-electron chi connectivity index (χ2n) is 4.64. The first-order chi connectivity index (χ1) is 8.19. The Bertz CT molecular complexity index is 373. The summed E-state index contributed by atoms with van der Waals surface area (Å²) in [5.74, 6) is 2.75. The molecule has 1 atom stereocenters. The van der Waals surface area contributed by atoms with Gasteiger partial charge in [0.15, 0.2) is 5.82 Å². The fourth-order valence-electron chi connectivity index (χ4n) is 1.96. The van der Waals surface area contributed by atoms with Crippen molar-refractivity contribution in [2.24, 2.45) is 5.92 Å². The highest BCUT2D eigenvalue weighted by Crippen LogP contribution is 2.23. The Morgan fingerprint density at radius 2 is 2.35 bits per heavy atom. The molecule has 0 aromatic carbocycles. The molecule has 1 saturated heterocycles. The lowest BCUT2D eigenvalue weighted by atomic mass is 10.2. The smallest absolute Gasteiger partial charge is 0.234 e. The first-order valence-electron chi connectivity index (χ1n) is 5.98. The molecule has 0 bridgehead atoms. The summed E-state index contributed by atoms with van der Waals surface area (Å²) in [6, 6.07) is 0. The summed E-state index contributed by atoms with van der Waals surface area (Å²) in [6.07, 6.45) is 4.68. The van der Waals surface area contributed by atoms with Crippen LogP contribution in [0.1, 0.15) is 20.3 Å². The Balaban J connectivity index is 2.06. The average molecular weight is 256 g/mol. The number of aromatic nitrogens is 2. The van der Waals surface area contributed by atoms with Crippen LogP contribution in [-0.2, 0) is 0 Å². The predicted molar refractivity (Wildman–Crippen MR) is 68.8 cm³/mol. The highest BCUT2D eigenvalue weighted by atomic mass is 35.5. The van der Waals surface area contributed by atoms with E-state index in [2.05, 4.69) is 14.9 Å². The molecule has 5 heteroatoms. The summed E-state index contributed by atoms with van der Waals surface area (Å²) in [4.78, 5) is 10.8. The monoisotopic (exact) mass is 255 g/mol. The molecule has 1 unspecified atom stereocenters. The maximum Gasteiger partial charge on any atom is 0.234 e. The molecule has 1 aromatic heterocycles. The van der Waals surface area contributed by atoms with E-state index in [0.717, 1.165) is 25.3 Å². The third-order valence-electron chi connectivity index (χ3n) is 2.78. The Labute approximate surface area is 107 Å². The molecule has 4 nitrogen and oxygen atoms in total. The summed E-state index contributed by atoms with van der Waals surface area (Å²) < 4.78 is 5.54. The number of nitrogens with zero attached hydrogens (tertiary/aromatic N) is 3. The van der Waals surface area contributed by atoms with Crippen molar-refractivity contribution in [1.82, 2.24) is 9.97 Å². The van der Waals surface area contributed by atoms with Crippen LogP contribution in [0.25, 0.3) is 0 Å². The maximum absolute atomic E-state index is 5.87. The SMILES string of the molecule is CC(C)Oc1cncc(N2CCC(CCl)C2)n1. The molecule has 0 aliphatic carbocycles. The molecule has 1 aromatic rings. The van der Waals surface area contributed by atoms with Crippen LogP contribution in [0.2, 0.25) is 0 Å². The molecule has 0 radical (unpaired) electrons. The van der Waals surface area contributed by atoms with Crippen molar-refractivity contribution in [3.63, 3.8) is 0 Å². The van der Waals surface area contributed by atoms with Gasteiger partial charge >= 0.3 is 0 Å². The zero-order valence-electron chi connectivity index (χ0n) is 10.3. The molecule has 0 spiro atoms. The molecule has 0 saturated carbocycles. The summed E-state index contributed by atoms with van der Waals surface area (Å²) >= 11 is 5.87. The molecule has 1 aliphatic heterocycles. The van der Waals surface area contributed by atoms with Gasteiger partial charge in [0, 0.05) is 19.0 Å². The van der Waals surface area contributed by atoms with Gasteiger partial charge in [0.1, 0.15) is 0 Å². The van der Waals surface area contributed by atoms with Crippen LogP contribution in [0.15, 0.2) is 12.4 Å². The Hall–Kier alpha value is -1.03. The molecule has 2 heterocycles. The van der Waals surface area contributed by atoms with Crippen molar-refractivity contribution in [2.45, 2.75) is 26.4 Å². The number of anilines is 1. The molecule has 1 aliphatic rings. The van der Waals surface area contributed by atoms with E-state index in [0.29, 0.717) is 17.7 Å². The van der Waals surface area contributed by atoms with Crippen molar-refractivity contribution in [3.8, 4) is 5.88 Å². The molecule has 94 valence electrons. The average Bonchev–Trinajstić information content (AvgIpc) is 2.77. The second kappa shape index (κ2) is 5.54. The van der Waals surface area contributed by atoms with Crippen LogP contribution in [0.3, 0.4) is 0 Å². The maximum atomic E-state index is 5.87. The van der Waals surface area contributed by atoms with Crippen LogP contribution < -0.4 is 9.64 Å². The number of hydrogen-bond donors (Lipinski definition) is 0. The van der Waals surface area contributed by atoms with Crippen molar-refractivity contribution >= 4 is 17.4 Å². The van der Waals surface area contributed by atoms with E-state index in [4.69, 9.17) is 16.3 Å². The van der Waals surface area contributed by atoms with Gasteiger partial charge in [-0.1, -0.05) is 0 Å². The van der Waals surface area contributed by atoms with E-state index in [1.165, 1.54) is 0 Å². The van der Waals surface area contributed by atoms with Gasteiger partial charge < -0.3 is 9.64 Å². The van der Waals surface area contributed by atoms with Crippen LogP contribution >= 0.6 is 11.6 Å². The summed E-state index contributed by atoms with van der Waals surface area (Å²) in [5, 5.41) is 0. The lowest BCUT2D eigenvalue weighted by Gasteiger charge is -2.17. The van der Waals surface area contributed by atoms with Crippen LogP contribution in [0.4, 0.5) is 5.82 Å². The van der Waals surface area contributed by atoms with Crippen LogP contribution in [0, 0.1) is 5.92 Å². The fourth-order valence-corrected chi connectivity index (χ4v) is 2.21. The van der Waals surface area contributed by atoms with E-state index < -0.39 is 0 Å². The largest absolute Gasteiger partial charge is 0.474 e. The molecule has 0 amide bonds. The van der Waals surface area contributed by atoms with Gasteiger partial charge in [-0.05, 0) is 26.2 Å². The molecule has 17 heavy (non-hydrogen) atoms. The normalized spacial score (nSPS) is 20.0. The standard InChI is InChI=1S/C12H18ClN3O/c1-9(2)17-12-7-14-6-11(15-12)16-4-3-10(5-13)8-16/h6-7,9-10H,3-5,8H2,1-2H3. The van der Waals surface area contributed by atoms with E-state index in [1.54, 1.807) is 12.4 Å². The van der Waals surface area contributed by atoms with Gasteiger partial charge in [-0.25, -0.2) is 0 Å². The number of alkyl halides is 1. The van der Waals surface area contributed by atoms with Gasteiger partial charge in [0.25, 0.3) is 0 Å². The quantitative estimate of drug-likeness (QED) is 0.774. The first-order valence-corrected chi connectivity index (χ1v) is 6.52. The Morgan fingerprint density at radius 1 is 1.53 bits per heavy atom. The van der Waals surface area contributed by atoms with Gasteiger partial charge in [0.05, 0.1) is 18.5 Å². The van der Waals surface area contributed by atoms with Gasteiger partial charge in [-0.15, -0.1) is 11.6 Å². The lowest BCUT2D eigenvalue weighted by molar-refractivity contribution is 0.231. The topological polar surface area (TPSA) is 38.2 Å². The van der Waals surface area contributed by atoms with Gasteiger partial charge in [0.2, 0.25) is 5.88 Å². The number of rotatable bonds is 4. The molecule has 0 N–H and O–H groups in total. The van der Waals surface area contributed by atoms with Crippen molar-refractivity contribution < 1.29 is 4.74 Å². The Kier molecular flexibility index (Phi) is 4.05. The molecule has 2 rings (SSSR count). The van der Waals surface area contributed by atoms with Crippen molar-refractivity contribution in [3.05, 3.63) is 12.4 Å². The number of halogens is 1. The predicted octanol–water partition coefficient (Wildman–Crippen LogP) is 2.33. The first kappa shape index (κ1) is 12.4. The third kappa shape index (κ3) is 3.22. The summed E-state index contributed by atoms with van der Waals surface area (Å²) in [5.41, 5.74) is 0. The molecule has 1 fully saturated rings. The highest BCUT2D eigenvalue weighted by molar-refractivity contribution is 6.18. The van der Waals surface area contributed by atoms with E-state index >= 15 is 0 Å². The number of hydrogen-bond acceptors (Lipinski definition) is 4. The second-order valence-corrected chi connectivity index (χ2v) is 4.95. The van der Waals surface area contributed by atoms with Crippen LogP contribution in [-0.4, -0.2) is 35.0 Å². The van der Waals surface area contributed by atoms with Gasteiger partial charge in [-0.3, -0.25) is 4.98 Å². The van der Waals surface area contributed by atoms with Gasteiger partial charge in [-0.2, -0.15) is 4.98 Å². The Morgan fingerprint density at radius 3 is 3.00 bits per heavy atom. The van der Waals surface area contributed by atoms with Crippen molar-refractivity contribution in [2.75, 3.05) is 23.9 Å². The van der Waals surface area contributed by atoms with E-state index in [9.17, 15) is 0 Å². The third-order valence-corrected chi connectivity index (χ3v) is 3.22. The minimum absolute atomic E-state index is 0.119. The highest BCUT2D eigenvalue weighted by Gasteiger charge is 2.23. The lowest BCUT2D eigenvalue weighted by Crippen LogP contribution is -2.21. The zero-order chi connectivity index (χ0) is 12.3. The molecular weight excluding hydrogens is 238 g/mol. The minimum Gasteiger partial charge on any atom is -0.474 e. The zero-order valence-corrected chi connectivity index (χ0v) is 11.0. The van der Waals surface area contributed by atoms with E-state index in [-0.39, 0.29) is 6.10 Å². The van der Waals surface area contributed by atoms with E-state index in [1.807, 2.05) is 13.8 Å². The molecular formula is C12H18ClN3O. The van der Waals surface area contributed by atoms with Crippen molar-refractivity contribution in [1.29, 1.82) is 0 Å².